The number of amides is 4. The van der Waals surface area contributed by atoms with Crippen molar-refractivity contribution < 1.29 is 18.8 Å². The van der Waals surface area contributed by atoms with E-state index in [0.29, 0.717) is 22.9 Å². The van der Waals surface area contributed by atoms with Gasteiger partial charge in [0.15, 0.2) is 5.76 Å². The smallest absolute Gasteiger partial charge is 0.321 e. The number of nitrogens with one attached hydrogen (secondary N) is 4. The fourth-order valence-corrected chi connectivity index (χ4v) is 2.71. The van der Waals surface area contributed by atoms with Crippen molar-refractivity contribution in [1.82, 2.24) is 10.6 Å². The standard InChI is InChI=1S/C21H19ClN4O4/c22-15-8-9-16(17(11-15)25-20(28)18-7-4-10-30-18)23-13-19(27)26-21(29)24-12-14-5-2-1-3-6-14/h1-11,23H,12-13H2,(H,25,28)(H2,24,26,27,29). The van der Waals surface area contributed by atoms with Gasteiger partial charge in [0.25, 0.3) is 5.91 Å². The van der Waals surface area contributed by atoms with E-state index >= 15 is 0 Å². The molecule has 3 aromatic rings. The number of hydrogen-bond acceptors (Lipinski definition) is 5. The average molecular weight is 427 g/mol. The summed E-state index contributed by atoms with van der Waals surface area (Å²) in [5.41, 5.74) is 1.74. The number of furan rings is 1. The molecular formula is C21H19ClN4O4. The lowest BCUT2D eigenvalue weighted by atomic mass is 10.2. The predicted octanol–water partition coefficient (Wildman–Crippen LogP) is 3.62. The van der Waals surface area contributed by atoms with E-state index in [-0.39, 0.29) is 12.3 Å². The lowest BCUT2D eigenvalue weighted by molar-refractivity contribution is -0.118. The second-order valence-corrected chi connectivity index (χ2v) is 6.63. The van der Waals surface area contributed by atoms with Crippen molar-refractivity contribution in [3.05, 3.63) is 83.3 Å². The molecule has 0 fully saturated rings. The van der Waals surface area contributed by atoms with Gasteiger partial charge in [0.1, 0.15) is 0 Å². The van der Waals surface area contributed by atoms with Gasteiger partial charge in [0.05, 0.1) is 24.2 Å². The molecule has 0 aliphatic heterocycles. The zero-order valence-electron chi connectivity index (χ0n) is 15.8. The SMILES string of the molecule is O=C(CNc1ccc(Cl)cc1NC(=O)c1ccco1)NC(=O)NCc1ccccc1. The van der Waals surface area contributed by atoms with E-state index in [2.05, 4.69) is 21.3 Å². The van der Waals surface area contributed by atoms with Crippen LogP contribution in [0.5, 0.6) is 0 Å². The summed E-state index contributed by atoms with van der Waals surface area (Å²) in [7, 11) is 0. The van der Waals surface area contributed by atoms with Crippen molar-refractivity contribution in [3.8, 4) is 0 Å². The summed E-state index contributed by atoms with van der Waals surface area (Å²) in [6.45, 7) is 0.109. The topological polar surface area (TPSA) is 112 Å². The Bertz CT molecular complexity index is 1020. The first-order valence-electron chi connectivity index (χ1n) is 9.01. The molecular weight excluding hydrogens is 408 g/mol. The van der Waals surface area contributed by atoms with Crippen LogP contribution >= 0.6 is 11.6 Å². The van der Waals surface area contributed by atoms with Crippen LogP contribution in [0.1, 0.15) is 16.1 Å². The van der Waals surface area contributed by atoms with Crippen LogP contribution in [0.15, 0.2) is 71.3 Å². The van der Waals surface area contributed by atoms with Gasteiger partial charge >= 0.3 is 6.03 Å². The molecule has 0 spiro atoms. The van der Waals surface area contributed by atoms with Gasteiger partial charge in [-0.1, -0.05) is 41.9 Å². The summed E-state index contributed by atoms with van der Waals surface area (Å²) in [5, 5.41) is 10.8. The van der Waals surface area contributed by atoms with E-state index in [1.807, 2.05) is 30.3 Å². The molecule has 3 rings (SSSR count). The highest BCUT2D eigenvalue weighted by Gasteiger charge is 2.13. The van der Waals surface area contributed by atoms with Gasteiger partial charge in [-0.3, -0.25) is 14.9 Å². The number of carbonyl (C=O) groups excluding carboxylic acids is 3. The number of imide groups is 1. The van der Waals surface area contributed by atoms with Crippen LogP contribution in [0.25, 0.3) is 0 Å². The highest BCUT2D eigenvalue weighted by molar-refractivity contribution is 6.31. The molecule has 0 atom stereocenters. The first-order chi connectivity index (χ1) is 14.5. The zero-order chi connectivity index (χ0) is 21.3. The normalized spacial score (nSPS) is 10.2. The number of halogens is 1. The molecule has 154 valence electrons. The van der Waals surface area contributed by atoms with Crippen LogP contribution in [0.3, 0.4) is 0 Å². The third-order valence-corrected chi connectivity index (χ3v) is 4.20. The molecule has 0 aliphatic carbocycles. The maximum atomic E-state index is 12.2. The van der Waals surface area contributed by atoms with Crippen molar-refractivity contribution in [2.45, 2.75) is 6.54 Å². The molecule has 0 saturated heterocycles. The number of hydrogen-bond donors (Lipinski definition) is 4. The summed E-state index contributed by atoms with van der Waals surface area (Å²) in [6.07, 6.45) is 1.39. The monoisotopic (exact) mass is 426 g/mol. The first kappa shape index (κ1) is 20.9. The van der Waals surface area contributed by atoms with Gasteiger partial charge in [-0.2, -0.15) is 0 Å². The molecule has 4 amide bonds. The maximum absolute atomic E-state index is 12.2. The molecule has 4 N–H and O–H groups in total. The van der Waals surface area contributed by atoms with E-state index in [4.69, 9.17) is 16.0 Å². The minimum Gasteiger partial charge on any atom is -0.459 e. The minimum atomic E-state index is -0.604. The molecule has 1 aromatic heterocycles. The molecule has 0 bridgehead atoms. The second-order valence-electron chi connectivity index (χ2n) is 6.19. The van der Waals surface area contributed by atoms with E-state index in [0.717, 1.165) is 5.56 Å². The molecule has 1 heterocycles. The Balaban J connectivity index is 1.52. The summed E-state index contributed by atoms with van der Waals surface area (Å²) < 4.78 is 5.06. The summed E-state index contributed by atoms with van der Waals surface area (Å²) >= 11 is 6.01. The lowest BCUT2D eigenvalue weighted by Crippen LogP contribution is -2.41. The minimum absolute atomic E-state index is 0.133. The molecule has 0 aliphatic rings. The number of rotatable bonds is 7. The Morgan fingerprint density at radius 1 is 0.933 bits per heavy atom. The van der Waals surface area contributed by atoms with E-state index in [9.17, 15) is 14.4 Å². The Morgan fingerprint density at radius 2 is 1.73 bits per heavy atom. The quantitative estimate of drug-likeness (QED) is 0.461. The second kappa shape index (κ2) is 10.1. The molecule has 8 nitrogen and oxygen atoms in total. The van der Waals surface area contributed by atoms with Crippen LogP contribution in [-0.4, -0.2) is 24.4 Å². The molecule has 9 heteroatoms. The zero-order valence-corrected chi connectivity index (χ0v) is 16.5. The van der Waals surface area contributed by atoms with Gasteiger partial charge in [0, 0.05) is 11.6 Å². The van der Waals surface area contributed by atoms with E-state index < -0.39 is 17.8 Å². The Labute approximate surface area is 177 Å². The lowest BCUT2D eigenvalue weighted by Gasteiger charge is -2.13. The fraction of sp³-hybridized carbons (Fsp3) is 0.0952. The van der Waals surface area contributed by atoms with Crippen LogP contribution < -0.4 is 21.3 Å². The molecule has 2 aromatic carbocycles. The molecule has 0 saturated carbocycles. The largest absolute Gasteiger partial charge is 0.459 e. The molecule has 0 radical (unpaired) electrons. The van der Waals surface area contributed by atoms with Crippen LogP contribution in [0.2, 0.25) is 5.02 Å². The van der Waals surface area contributed by atoms with Crippen LogP contribution in [0.4, 0.5) is 16.2 Å². The maximum Gasteiger partial charge on any atom is 0.321 e. The highest BCUT2D eigenvalue weighted by Crippen LogP contribution is 2.26. The summed E-state index contributed by atoms with van der Waals surface area (Å²) in [4.78, 5) is 36.1. The van der Waals surface area contributed by atoms with Gasteiger partial charge in [-0.05, 0) is 35.9 Å². The van der Waals surface area contributed by atoms with Crippen molar-refractivity contribution in [2.75, 3.05) is 17.2 Å². The van der Waals surface area contributed by atoms with Gasteiger partial charge in [-0.15, -0.1) is 0 Å². The molecule has 30 heavy (non-hydrogen) atoms. The number of anilines is 2. The van der Waals surface area contributed by atoms with Crippen molar-refractivity contribution in [2.24, 2.45) is 0 Å². The number of benzene rings is 2. The Hall–Kier alpha value is -3.78. The van der Waals surface area contributed by atoms with Crippen LogP contribution in [0, 0.1) is 0 Å². The Kier molecular flexibility index (Phi) is 7.07. The van der Waals surface area contributed by atoms with Gasteiger partial charge in [0.2, 0.25) is 5.91 Å². The molecule has 0 unspecified atom stereocenters. The van der Waals surface area contributed by atoms with Crippen molar-refractivity contribution >= 4 is 40.8 Å². The Morgan fingerprint density at radius 3 is 2.47 bits per heavy atom. The van der Waals surface area contributed by atoms with E-state index in [1.54, 1.807) is 18.2 Å². The fourth-order valence-electron chi connectivity index (χ4n) is 2.53. The van der Waals surface area contributed by atoms with Crippen molar-refractivity contribution in [3.63, 3.8) is 0 Å². The highest BCUT2D eigenvalue weighted by atomic mass is 35.5. The average Bonchev–Trinajstić information content (AvgIpc) is 3.27. The van der Waals surface area contributed by atoms with Crippen LogP contribution in [-0.2, 0) is 11.3 Å². The number of urea groups is 1. The third kappa shape index (κ3) is 6.11. The summed E-state index contributed by atoms with van der Waals surface area (Å²) in [6, 6.07) is 16.6. The van der Waals surface area contributed by atoms with E-state index in [1.165, 1.54) is 18.4 Å². The first-order valence-corrected chi connectivity index (χ1v) is 9.39. The van der Waals surface area contributed by atoms with Gasteiger partial charge < -0.3 is 20.4 Å². The summed E-state index contributed by atoms with van der Waals surface area (Å²) in [5.74, 6) is -0.873. The van der Waals surface area contributed by atoms with Crippen molar-refractivity contribution in [1.29, 1.82) is 0 Å². The predicted molar refractivity (Wildman–Crippen MR) is 113 cm³/mol. The van der Waals surface area contributed by atoms with Gasteiger partial charge in [-0.25, -0.2) is 4.79 Å². The third-order valence-electron chi connectivity index (χ3n) is 3.96. The number of carbonyl (C=O) groups is 3.